The Hall–Kier alpha value is -0.950. The molecule has 3 N–H and O–H groups in total. The SMILES string of the molecule is CC(N)c1ccc(S(=O)(=O)NC2CCN(C)CC2C)cc1. The van der Waals surface area contributed by atoms with Crippen LogP contribution in [-0.2, 0) is 10.0 Å². The van der Waals surface area contributed by atoms with Gasteiger partial charge < -0.3 is 10.6 Å². The Bertz CT molecular complexity index is 569. The van der Waals surface area contributed by atoms with Crippen LogP contribution in [0.25, 0.3) is 0 Å². The highest BCUT2D eigenvalue weighted by Crippen LogP contribution is 2.19. The molecule has 1 heterocycles. The van der Waals surface area contributed by atoms with Crippen molar-refractivity contribution < 1.29 is 8.42 Å². The first-order valence-electron chi connectivity index (χ1n) is 7.36. The van der Waals surface area contributed by atoms with Crippen molar-refractivity contribution in [2.24, 2.45) is 11.7 Å². The third-order valence-corrected chi connectivity index (χ3v) is 5.64. The molecule has 3 atom stereocenters. The topological polar surface area (TPSA) is 75.4 Å². The molecule has 1 aliphatic rings. The maximum Gasteiger partial charge on any atom is 0.240 e. The lowest BCUT2D eigenvalue weighted by atomic mass is 9.95. The summed E-state index contributed by atoms with van der Waals surface area (Å²) in [5.41, 5.74) is 6.72. The summed E-state index contributed by atoms with van der Waals surface area (Å²) in [6.07, 6.45) is 0.842. The van der Waals surface area contributed by atoms with Crippen molar-refractivity contribution in [1.29, 1.82) is 0 Å². The fourth-order valence-corrected chi connectivity index (χ4v) is 4.13. The molecule has 21 heavy (non-hydrogen) atoms. The Morgan fingerprint density at radius 3 is 2.48 bits per heavy atom. The summed E-state index contributed by atoms with van der Waals surface area (Å²) in [5, 5.41) is 0. The number of benzene rings is 1. The Morgan fingerprint density at radius 2 is 1.95 bits per heavy atom. The molecule has 0 aliphatic carbocycles. The van der Waals surface area contributed by atoms with Gasteiger partial charge in [0.25, 0.3) is 0 Å². The van der Waals surface area contributed by atoms with Crippen molar-refractivity contribution in [2.45, 2.75) is 37.2 Å². The molecule has 6 heteroatoms. The van der Waals surface area contributed by atoms with E-state index in [4.69, 9.17) is 5.73 Å². The Morgan fingerprint density at radius 1 is 1.33 bits per heavy atom. The molecule has 118 valence electrons. The lowest BCUT2D eigenvalue weighted by Crippen LogP contribution is -2.48. The summed E-state index contributed by atoms with van der Waals surface area (Å²) in [7, 11) is -1.40. The highest BCUT2D eigenvalue weighted by Gasteiger charge is 2.28. The molecule has 2 rings (SSSR count). The average molecular weight is 311 g/mol. The zero-order valence-electron chi connectivity index (χ0n) is 12.9. The van der Waals surface area contributed by atoms with Gasteiger partial charge in [-0.3, -0.25) is 0 Å². The third-order valence-electron chi connectivity index (χ3n) is 4.13. The van der Waals surface area contributed by atoms with Crippen LogP contribution in [0.15, 0.2) is 29.2 Å². The van der Waals surface area contributed by atoms with Crippen LogP contribution in [0.2, 0.25) is 0 Å². The Labute approximate surface area is 127 Å². The van der Waals surface area contributed by atoms with E-state index in [1.807, 2.05) is 6.92 Å². The molecule has 0 aromatic heterocycles. The van der Waals surface area contributed by atoms with Crippen LogP contribution in [0.5, 0.6) is 0 Å². The fourth-order valence-electron chi connectivity index (χ4n) is 2.75. The highest BCUT2D eigenvalue weighted by molar-refractivity contribution is 7.89. The second kappa shape index (κ2) is 6.44. The number of nitrogens with zero attached hydrogens (tertiary/aromatic N) is 1. The van der Waals surface area contributed by atoms with Crippen LogP contribution in [0, 0.1) is 5.92 Å². The standard InChI is InChI=1S/C15H25N3O2S/c1-11-10-18(3)9-8-15(11)17-21(19,20)14-6-4-13(5-7-14)12(2)16/h4-7,11-12,15,17H,8-10,16H2,1-3H3. The van der Waals surface area contributed by atoms with E-state index < -0.39 is 10.0 Å². The maximum atomic E-state index is 12.5. The zero-order valence-corrected chi connectivity index (χ0v) is 13.7. The number of likely N-dealkylation sites (tertiary alicyclic amines) is 1. The molecule has 1 aliphatic heterocycles. The van der Waals surface area contributed by atoms with Crippen LogP contribution in [0.1, 0.15) is 31.9 Å². The van der Waals surface area contributed by atoms with Gasteiger partial charge in [-0.25, -0.2) is 13.1 Å². The molecular formula is C15H25N3O2S. The van der Waals surface area contributed by atoms with Gasteiger partial charge in [-0.2, -0.15) is 0 Å². The molecule has 0 amide bonds. The summed E-state index contributed by atoms with van der Waals surface area (Å²) in [6.45, 7) is 5.79. The van der Waals surface area contributed by atoms with E-state index in [1.54, 1.807) is 24.3 Å². The van der Waals surface area contributed by atoms with E-state index >= 15 is 0 Å². The first kappa shape index (κ1) is 16.4. The molecule has 0 saturated carbocycles. The molecule has 0 spiro atoms. The number of rotatable bonds is 4. The first-order chi connectivity index (χ1) is 9.79. The fraction of sp³-hybridized carbons (Fsp3) is 0.600. The maximum absolute atomic E-state index is 12.5. The number of hydrogen-bond acceptors (Lipinski definition) is 4. The summed E-state index contributed by atoms with van der Waals surface area (Å²) in [4.78, 5) is 2.53. The molecule has 0 bridgehead atoms. The number of nitrogens with two attached hydrogens (primary N) is 1. The van der Waals surface area contributed by atoms with Gasteiger partial charge >= 0.3 is 0 Å². The summed E-state index contributed by atoms with van der Waals surface area (Å²) >= 11 is 0. The van der Waals surface area contributed by atoms with Gasteiger partial charge in [0.1, 0.15) is 0 Å². The van der Waals surface area contributed by atoms with Gasteiger partial charge in [0.15, 0.2) is 0 Å². The predicted octanol–water partition coefficient (Wildman–Crippen LogP) is 1.32. The summed E-state index contributed by atoms with van der Waals surface area (Å²) in [6, 6.07) is 6.71. The highest BCUT2D eigenvalue weighted by atomic mass is 32.2. The normalized spacial score (nSPS) is 25.7. The minimum atomic E-state index is -3.46. The molecule has 1 aromatic carbocycles. The van der Waals surface area contributed by atoms with Gasteiger partial charge in [0.2, 0.25) is 10.0 Å². The molecule has 1 saturated heterocycles. The molecular weight excluding hydrogens is 286 g/mol. The van der Waals surface area contributed by atoms with Crippen LogP contribution >= 0.6 is 0 Å². The second-order valence-corrected chi connectivity index (χ2v) is 7.83. The van der Waals surface area contributed by atoms with Crippen molar-refractivity contribution in [3.8, 4) is 0 Å². The Balaban J connectivity index is 2.11. The zero-order chi connectivity index (χ0) is 15.6. The monoisotopic (exact) mass is 311 g/mol. The lowest BCUT2D eigenvalue weighted by molar-refractivity contribution is 0.188. The van der Waals surface area contributed by atoms with Gasteiger partial charge in [0.05, 0.1) is 4.90 Å². The molecule has 1 fully saturated rings. The number of hydrogen-bond donors (Lipinski definition) is 2. The van der Waals surface area contributed by atoms with Gasteiger partial charge in [-0.15, -0.1) is 0 Å². The van der Waals surface area contributed by atoms with Crippen LogP contribution in [0.3, 0.4) is 0 Å². The second-order valence-electron chi connectivity index (χ2n) is 6.11. The number of piperidine rings is 1. The molecule has 1 aromatic rings. The van der Waals surface area contributed by atoms with Crippen molar-refractivity contribution >= 4 is 10.0 Å². The van der Waals surface area contributed by atoms with Gasteiger partial charge in [-0.05, 0) is 50.6 Å². The molecule has 3 unspecified atom stereocenters. The van der Waals surface area contributed by atoms with E-state index in [2.05, 4.69) is 23.6 Å². The van der Waals surface area contributed by atoms with Crippen LogP contribution < -0.4 is 10.5 Å². The van der Waals surface area contributed by atoms with E-state index in [-0.39, 0.29) is 12.1 Å². The van der Waals surface area contributed by atoms with Crippen LogP contribution in [-0.4, -0.2) is 39.5 Å². The van der Waals surface area contributed by atoms with E-state index in [0.29, 0.717) is 10.8 Å². The Kier molecular flexibility index (Phi) is 5.03. The number of nitrogens with one attached hydrogen (secondary N) is 1. The quantitative estimate of drug-likeness (QED) is 0.879. The minimum absolute atomic E-state index is 0.000640. The van der Waals surface area contributed by atoms with E-state index in [9.17, 15) is 8.42 Å². The third kappa shape index (κ3) is 4.03. The smallest absolute Gasteiger partial charge is 0.240 e. The van der Waals surface area contributed by atoms with Gasteiger partial charge in [-0.1, -0.05) is 19.1 Å². The summed E-state index contributed by atoms with van der Waals surface area (Å²) in [5.74, 6) is 0.307. The first-order valence-corrected chi connectivity index (χ1v) is 8.84. The lowest BCUT2D eigenvalue weighted by Gasteiger charge is -2.34. The van der Waals surface area contributed by atoms with Crippen molar-refractivity contribution in [3.63, 3.8) is 0 Å². The van der Waals surface area contributed by atoms with Crippen LogP contribution in [0.4, 0.5) is 0 Å². The predicted molar refractivity (Wildman–Crippen MR) is 84.4 cm³/mol. The van der Waals surface area contributed by atoms with E-state index in [0.717, 1.165) is 25.1 Å². The molecule has 5 nitrogen and oxygen atoms in total. The molecule has 0 radical (unpaired) electrons. The van der Waals surface area contributed by atoms with Crippen molar-refractivity contribution in [2.75, 3.05) is 20.1 Å². The van der Waals surface area contributed by atoms with Crippen molar-refractivity contribution in [1.82, 2.24) is 9.62 Å². The number of sulfonamides is 1. The minimum Gasteiger partial charge on any atom is -0.324 e. The van der Waals surface area contributed by atoms with E-state index in [1.165, 1.54) is 0 Å². The van der Waals surface area contributed by atoms with Crippen molar-refractivity contribution in [3.05, 3.63) is 29.8 Å². The largest absolute Gasteiger partial charge is 0.324 e. The van der Waals surface area contributed by atoms with Gasteiger partial charge in [0, 0.05) is 18.6 Å². The summed E-state index contributed by atoms with van der Waals surface area (Å²) < 4.78 is 27.8. The average Bonchev–Trinajstić information content (AvgIpc) is 2.42.